The van der Waals surface area contributed by atoms with Crippen molar-refractivity contribution in [3.05, 3.63) is 62.8 Å². The molecule has 0 radical (unpaired) electrons. The molecule has 2 rings (SSSR count). The van der Waals surface area contributed by atoms with E-state index in [4.69, 9.17) is 16.7 Å². The lowest BCUT2D eigenvalue weighted by molar-refractivity contribution is 0.0697. The molecule has 0 heterocycles. The highest BCUT2D eigenvalue weighted by molar-refractivity contribution is 9.10. The van der Waals surface area contributed by atoms with E-state index in [1.807, 2.05) is 0 Å². The predicted molar refractivity (Wildman–Crippen MR) is 82.1 cm³/mol. The number of rotatable bonds is 4. The Balaban J connectivity index is 2.12. The van der Waals surface area contributed by atoms with Gasteiger partial charge in [-0.3, -0.25) is 0 Å². The number of aromatic carboxylic acids is 1. The van der Waals surface area contributed by atoms with Crippen molar-refractivity contribution < 1.29 is 14.3 Å². The molecule has 0 atom stereocenters. The summed E-state index contributed by atoms with van der Waals surface area (Å²) in [5, 5.41) is 9.21. The molecule has 0 bridgehead atoms. The molecule has 104 valence electrons. The van der Waals surface area contributed by atoms with Crippen LogP contribution < -0.4 is 0 Å². The standard InChI is InChI=1S/C14H9BrClFO2S/c15-11-5-8(1-4-13(11)17)7-20-9-2-3-12(16)10(6-9)14(18)19/h1-6H,7H2,(H,18,19). The molecular weight excluding hydrogens is 367 g/mol. The van der Waals surface area contributed by atoms with Gasteiger partial charge in [0.25, 0.3) is 0 Å². The van der Waals surface area contributed by atoms with Gasteiger partial charge in [0.15, 0.2) is 0 Å². The van der Waals surface area contributed by atoms with Crippen LogP contribution in [0.5, 0.6) is 0 Å². The summed E-state index contributed by atoms with van der Waals surface area (Å²) in [4.78, 5) is 11.8. The zero-order valence-corrected chi connectivity index (χ0v) is 13.2. The second kappa shape index (κ2) is 6.61. The molecular formula is C14H9BrClFO2S. The summed E-state index contributed by atoms with van der Waals surface area (Å²) < 4.78 is 13.5. The number of thioether (sulfide) groups is 1. The second-order valence-electron chi connectivity index (χ2n) is 3.98. The van der Waals surface area contributed by atoms with Crippen molar-refractivity contribution in [3.63, 3.8) is 0 Å². The van der Waals surface area contributed by atoms with Crippen LogP contribution in [0.25, 0.3) is 0 Å². The van der Waals surface area contributed by atoms with E-state index in [0.29, 0.717) is 10.2 Å². The van der Waals surface area contributed by atoms with Crippen molar-refractivity contribution in [2.75, 3.05) is 0 Å². The van der Waals surface area contributed by atoms with Crippen LogP contribution in [0.2, 0.25) is 5.02 Å². The van der Waals surface area contributed by atoms with Crippen LogP contribution in [-0.4, -0.2) is 11.1 Å². The maximum Gasteiger partial charge on any atom is 0.337 e. The minimum atomic E-state index is -1.05. The van der Waals surface area contributed by atoms with Crippen LogP contribution in [0.1, 0.15) is 15.9 Å². The largest absolute Gasteiger partial charge is 0.478 e. The Morgan fingerprint density at radius 2 is 2.05 bits per heavy atom. The average Bonchev–Trinajstić information content (AvgIpc) is 2.41. The van der Waals surface area contributed by atoms with Gasteiger partial charge in [-0.05, 0) is 51.8 Å². The number of carboxylic acid groups (broad SMARTS) is 1. The number of hydrogen-bond donors (Lipinski definition) is 1. The average molecular weight is 376 g/mol. The van der Waals surface area contributed by atoms with Crippen molar-refractivity contribution in [1.29, 1.82) is 0 Å². The molecule has 2 nitrogen and oxygen atoms in total. The van der Waals surface area contributed by atoms with E-state index in [9.17, 15) is 9.18 Å². The lowest BCUT2D eigenvalue weighted by atomic mass is 10.2. The van der Waals surface area contributed by atoms with E-state index in [0.717, 1.165) is 10.5 Å². The smallest absolute Gasteiger partial charge is 0.337 e. The Morgan fingerprint density at radius 3 is 2.70 bits per heavy atom. The Hall–Kier alpha value is -1.04. The summed E-state index contributed by atoms with van der Waals surface area (Å²) in [5.74, 6) is -0.750. The minimum absolute atomic E-state index is 0.0805. The summed E-state index contributed by atoms with van der Waals surface area (Å²) in [6.45, 7) is 0. The second-order valence-corrected chi connectivity index (χ2v) is 6.29. The molecule has 0 fully saturated rings. The first kappa shape index (κ1) is 15.4. The van der Waals surface area contributed by atoms with Crippen LogP contribution >= 0.6 is 39.3 Å². The predicted octanol–water partition coefficient (Wildman–Crippen LogP) is 5.23. The van der Waals surface area contributed by atoms with E-state index in [1.54, 1.807) is 24.3 Å². The fourth-order valence-corrected chi connectivity index (χ4v) is 3.06. The molecule has 0 aliphatic rings. The Bertz CT molecular complexity index is 664. The van der Waals surface area contributed by atoms with Crippen molar-refractivity contribution in [2.24, 2.45) is 0 Å². The Kier molecular flexibility index (Phi) is 5.07. The van der Waals surface area contributed by atoms with Gasteiger partial charge in [0.2, 0.25) is 0 Å². The lowest BCUT2D eigenvalue weighted by Gasteiger charge is -2.05. The molecule has 1 N–H and O–H groups in total. The molecule has 0 aliphatic carbocycles. The first-order chi connectivity index (χ1) is 9.47. The summed E-state index contributed by atoms with van der Waals surface area (Å²) >= 11 is 10.4. The van der Waals surface area contributed by atoms with Gasteiger partial charge in [0.05, 0.1) is 15.1 Å². The van der Waals surface area contributed by atoms with Crippen LogP contribution in [0.3, 0.4) is 0 Å². The van der Waals surface area contributed by atoms with Gasteiger partial charge < -0.3 is 5.11 Å². The van der Waals surface area contributed by atoms with E-state index in [1.165, 1.54) is 23.9 Å². The third-order valence-corrected chi connectivity index (χ3v) is 4.56. The lowest BCUT2D eigenvalue weighted by Crippen LogP contribution is -1.97. The van der Waals surface area contributed by atoms with Crippen molar-refractivity contribution in [3.8, 4) is 0 Å². The monoisotopic (exact) mass is 374 g/mol. The van der Waals surface area contributed by atoms with Gasteiger partial charge in [-0.1, -0.05) is 17.7 Å². The molecule has 6 heteroatoms. The highest BCUT2D eigenvalue weighted by Crippen LogP contribution is 2.28. The van der Waals surface area contributed by atoms with Crippen molar-refractivity contribution >= 4 is 45.3 Å². The minimum Gasteiger partial charge on any atom is -0.478 e. The molecule has 0 aliphatic heterocycles. The Morgan fingerprint density at radius 1 is 1.30 bits per heavy atom. The number of benzene rings is 2. The van der Waals surface area contributed by atoms with Gasteiger partial charge in [0, 0.05) is 10.6 Å². The van der Waals surface area contributed by atoms with E-state index >= 15 is 0 Å². The molecule has 0 saturated carbocycles. The van der Waals surface area contributed by atoms with Crippen LogP contribution in [0, 0.1) is 5.82 Å². The zero-order valence-electron chi connectivity index (χ0n) is 10.1. The highest BCUT2D eigenvalue weighted by Gasteiger charge is 2.10. The van der Waals surface area contributed by atoms with Gasteiger partial charge in [-0.15, -0.1) is 11.8 Å². The molecule has 0 unspecified atom stereocenters. The number of carbonyl (C=O) groups is 1. The third-order valence-electron chi connectivity index (χ3n) is 2.56. The topological polar surface area (TPSA) is 37.3 Å². The van der Waals surface area contributed by atoms with Crippen LogP contribution in [-0.2, 0) is 5.75 Å². The molecule has 2 aromatic carbocycles. The fourth-order valence-electron chi connectivity index (χ4n) is 1.55. The van der Waals surface area contributed by atoms with E-state index in [-0.39, 0.29) is 16.4 Å². The number of halogens is 3. The van der Waals surface area contributed by atoms with Gasteiger partial charge in [0.1, 0.15) is 5.82 Å². The van der Waals surface area contributed by atoms with Gasteiger partial charge in [-0.25, -0.2) is 9.18 Å². The van der Waals surface area contributed by atoms with E-state index < -0.39 is 5.97 Å². The fraction of sp³-hybridized carbons (Fsp3) is 0.0714. The molecule has 2 aromatic rings. The van der Waals surface area contributed by atoms with Crippen LogP contribution in [0.15, 0.2) is 45.8 Å². The molecule has 0 aromatic heterocycles. The first-order valence-corrected chi connectivity index (χ1v) is 7.72. The summed E-state index contributed by atoms with van der Waals surface area (Å²) in [6, 6.07) is 9.65. The first-order valence-electron chi connectivity index (χ1n) is 5.57. The van der Waals surface area contributed by atoms with Crippen molar-refractivity contribution in [1.82, 2.24) is 0 Å². The summed E-state index contributed by atoms with van der Waals surface area (Å²) in [5.41, 5.74) is 1.02. The van der Waals surface area contributed by atoms with E-state index in [2.05, 4.69) is 15.9 Å². The van der Waals surface area contributed by atoms with Crippen molar-refractivity contribution in [2.45, 2.75) is 10.6 Å². The van der Waals surface area contributed by atoms with Crippen LogP contribution in [0.4, 0.5) is 4.39 Å². The third kappa shape index (κ3) is 3.75. The quantitative estimate of drug-likeness (QED) is 0.743. The molecule has 20 heavy (non-hydrogen) atoms. The maximum atomic E-state index is 13.1. The molecule has 0 amide bonds. The Labute approximate surface area is 133 Å². The normalized spacial score (nSPS) is 10.6. The summed E-state index contributed by atoms with van der Waals surface area (Å²) in [7, 11) is 0. The van der Waals surface area contributed by atoms with Gasteiger partial charge in [-0.2, -0.15) is 0 Å². The summed E-state index contributed by atoms with van der Waals surface area (Å²) in [6.07, 6.45) is 0. The highest BCUT2D eigenvalue weighted by atomic mass is 79.9. The zero-order chi connectivity index (χ0) is 14.7. The SMILES string of the molecule is O=C(O)c1cc(SCc2ccc(F)c(Br)c2)ccc1Cl. The molecule has 0 saturated heterocycles. The maximum absolute atomic E-state index is 13.1. The number of hydrogen-bond acceptors (Lipinski definition) is 2. The number of carboxylic acids is 1. The molecule has 0 spiro atoms. The van der Waals surface area contributed by atoms with Gasteiger partial charge >= 0.3 is 5.97 Å².